The number of carbonyl (C=O) groups excluding carboxylic acids is 2. The SMILES string of the molecule is CCCN1C(=O)C2(CCCCC2)N[C@H]1c1cccc(C(N)=O)c1. The average molecular weight is 315 g/mol. The highest BCUT2D eigenvalue weighted by molar-refractivity contribution is 5.93. The van der Waals surface area contributed by atoms with Gasteiger partial charge in [0.15, 0.2) is 0 Å². The molecule has 1 spiro atoms. The van der Waals surface area contributed by atoms with Gasteiger partial charge in [0, 0.05) is 12.1 Å². The summed E-state index contributed by atoms with van der Waals surface area (Å²) in [6, 6.07) is 7.31. The van der Waals surface area contributed by atoms with E-state index < -0.39 is 11.4 Å². The minimum Gasteiger partial charge on any atom is -0.366 e. The Morgan fingerprint density at radius 3 is 2.74 bits per heavy atom. The molecule has 1 aliphatic carbocycles. The molecule has 0 radical (unpaired) electrons. The molecule has 0 unspecified atom stereocenters. The number of nitrogens with one attached hydrogen (secondary N) is 1. The van der Waals surface area contributed by atoms with Crippen LogP contribution in [-0.2, 0) is 4.79 Å². The van der Waals surface area contributed by atoms with Crippen LogP contribution in [-0.4, -0.2) is 28.8 Å². The van der Waals surface area contributed by atoms with Crippen molar-refractivity contribution in [1.82, 2.24) is 10.2 Å². The first kappa shape index (κ1) is 16.0. The number of carbonyl (C=O) groups is 2. The van der Waals surface area contributed by atoms with Gasteiger partial charge in [0.05, 0.1) is 5.54 Å². The topological polar surface area (TPSA) is 75.4 Å². The van der Waals surface area contributed by atoms with Crippen LogP contribution >= 0.6 is 0 Å². The standard InChI is InChI=1S/C18H25N3O2/c1-2-11-21-16(14-8-6-7-13(12-14)15(19)22)20-18(17(21)23)9-4-3-5-10-18/h6-8,12,16,20H,2-5,9-11H2,1H3,(H2,19,22)/t16-/m1/s1. The van der Waals surface area contributed by atoms with Crippen LogP contribution in [0.3, 0.4) is 0 Å². The molecule has 1 atom stereocenters. The van der Waals surface area contributed by atoms with E-state index in [1.807, 2.05) is 17.0 Å². The molecule has 1 heterocycles. The van der Waals surface area contributed by atoms with Gasteiger partial charge in [-0.2, -0.15) is 0 Å². The summed E-state index contributed by atoms with van der Waals surface area (Å²) < 4.78 is 0. The van der Waals surface area contributed by atoms with Crippen LogP contribution in [0, 0.1) is 0 Å². The first-order chi connectivity index (χ1) is 11.1. The van der Waals surface area contributed by atoms with E-state index in [9.17, 15) is 9.59 Å². The molecule has 23 heavy (non-hydrogen) atoms. The van der Waals surface area contributed by atoms with Gasteiger partial charge in [0.25, 0.3) is 0 Å². The van der Waals surface area contributed by atoms with Crippen LogP contribution in [0.25, 0.3) is 0 Å². The lowest BCUT2D eigenvalue weighted by Gasteiger charge is -2.31. The van der Waals surface area contributed by atoms with Crippen LogP contribution < -0.4 is 11.1 Å². The highest BCUT2D eigenvalue weighted by Gasteiger charge is 2.51. The Kier molecular flexibility index (Phi) is 4.39. The summed E-state index contributed by atoms with van der Waals surface area (Å²) in [5, 5.41) is 3.60. The van der Waals surface area contributed by atoms with E-state index >= 15 is 0 Å². The van der Waals surface area contributed by atoms with Crippen LogP contribution in [0.5, 0.6) is 0 Å². The van der Waals surface area contributed by atoms with Crippen molar-refractivity contribution in [2.45, 2.75) is 57.2 Å². The Labute approximate surface area is 137 Å². The smallest absolute Gasteiger partial charge is 0.248 e. The number of primary amides is 1. The lowest BCUT2D eigenvalue weighted by molar-refractivity contribution is -0.134. The van der Waals surface area contributed by atoms with Gasteiger partial charge in [-0.1, -0.05) is 38.3 Å². The molecule has 5 heteroatoms. The molecule has 1 saturated heterocycles. The molecular formula is C18H25N3O2. The summed E-state index contributed by atoms with van der Waals surface area (Å²) in [6.45, 7) is 2.80. The summed E-state index contributed by atoms with van der Waals surface area (Å²) in [7, 11) is 0. The molecule has 1 aromatic rings. The van der Waals surface area contributed by atoms with Crippen LogP contribution in [0.1, 0.15) is 67.5 Å². The van der Waals surface area contributed by atoms with Gasteiger partial charge in [0.2, 0.25) is 11.8 Å². The van der Waals surface area contributed by atoms with Gasteiger partial charge < -0.3 is 10.6 Å². The largest absolute Gasteiger partial charge is 0.366 e. The molecular weight excluding hydrogens is 290 g/mol. The molecule has 1 aromatic carbocycles. The fourth-order valence-electron chi connectivity index (χ4n) is 3.90. The molecule has 2 aliphatic rings. The van der Waals surface area contributed by atoms with Crippen molar-refractivity contribution >= 4 is 11.8 Å². The highest BCUT2D eigenvalue weighted by Crippen LogP contribution is 2.39. The van der Waals surface area contributed by atoms with E-state index in [4.69, 9.17) is 5.73 Å². The zero-order valence-electron chi connectivity index (χ0n) is 13.7. The Hall–Kier alpha value is -1.88. The van der Waals surface area contributed by atoms with Crippen molar-refractivity contribution in [3.05, 3.63) is 35.4 Å². The van der Waals surface area contributed by atoms with E-state index in [2.05, 4.69) is 12.2 Å². The van der Waals surface area contributed by atoms with E-state index in [0.29, 0.717) is 5.56 Å². The number of hydrogen-bond donors (Lipinski definition) is 2. The van der Waals surface area contributed by atoms with Crippen molar-refractivity contribution in [3.8, 4) is 0 Å². The molecule has 0 bridgehead atoms. The fourth-order valence-corrected chi connectivity index (χ4v) is 3.90. The Morgan fingerprint density at radius 2 is 2.09 bits per heavy atom. The predicted octanol–water partition coefficient (Wildman–Crippen LogP) is 2.33. The predicted molar refractivity (Wildman–Crippen MR) is 88.7 cm³/mol. The van der Waals surface area contributed by atoms with E-state index in [-0.39, 0.29) is 12.1 Å². The van der Waals surface area contributed by atoms with Gasteiger partial charge in [0.1, 0.15) is 6.17 Å². The van der Waals surface area contributed by atoms with Gasteiger partial charge in [-0.25, -0.2) is 0 Å². The Bertz CT molecular complexity index is 608. The molecule has 2 fully saturated rings. The fraction of sp³-hybridized carbons (Fsp3) is 0.556. The van der Waals surface area contributed by atoms with Crippen molar-refractivity contribution in [3.63, 3.8) is 0 Å². The quantitative estimate of drug-likeness (QED) is 0.895. The normalized spacial score (nSPS) is 23.4. The van der Waals surface area contributed by atoms with Crippen LogP contribution in [0.2, 0.25) is 0 Å². The third-order valence-corrected chi connectivity index (χ3v) is 5.05. The molecule has 5 nitrogen and oxygen atoms in total. The Morgan fingerprint density at radius 1 is 1.35 bits per heavy atom. The molecule has 1 aliphatic heterocycles. The number of amides is 2. The summed E-state index contributed by atoms with van der Waals surface area (Å²) in [4.78, 5) is 26.4. The first-order valence-corrected chi connectivity index (χ1v) is 8.56. The van der Waals surface area contributed by atoms with Gasteiger partial charge in [-0.05, 0) is 37.0 Å². The van der Waals surface area contributed by atoms with E-state index in [1.165, 1.54) is 6.42 Å². The lowest BCUT2D eigenvalue weighted by Crippen LogP contribution is -2.48. The van der Waals surface area contributed by atoms with Crippen LogP contribution in [0.4, 0.5) is 0 Å². The van der Waals surface area contributed by atoms with Crippen molar-refractivity contribution < 1.29 is 9.59 Å². The number of nitrogens with two attached hydrogens (primary N) is 1. The lowest BCUT2D eigenvalue weighted by atomic mass is 9.81. The van der Waals surface area contributed by atoms with Crippen molar-refractivity contribution in [2.75, 3.05) is 6.54 Å². The van der Waals surface area contributed by atoms with Gasteiger partial charge in [-0.3, -0.25) is 14.9 Å². The molecule has 0 aromatic heterocycles. The van der Waals surface area contributed by atoms with Crippen LogP contribution in [0.15, 0.2) is 24.3 Å². The second-order valence-electron chi connectivity index (χ2n) is 6.68. The molecule has 1 saturated carbocycles. The Balaban J connectivity index is 1.94. The van der Waals surface area contributed by atoms with Gasteiger partial charge >= 0.3 is 0 Å². The first-order valence-electron chi connectivity index (χ1n) is 8.56. The maximum atomic E-state index is 13.0. The average Bonchev–Trinajstić information content (AvgIpc) is 2.82. The second kappa shape index (κ2) is 6.32. The minimum atomic E-state index is -0.439. The van der Waals surface area contributed by atoms with E-state index in [0.717, 1.165) is 44.2 Å². The number of nitrogens with zero attached hydrogens (tertiary/aromatic N) is 1. The van der Waals surface area contributed by atoms with E-state index in [1.54, 1.807) is 12.1 Å². The highest BCUT2D eigenvalue weighted by atomic mass is 16.2. The summed E-state index contributed by atoms with van der Waals surface area (Å²) >= 11 is 0. The monoisotopic (exact) mass is 315 g/mol. The number of hydrogen-bond acceptors (Lipinski definition) is 3. The third kappa shape index (κ3) is 2.85. The summed E-state index contributed by atoms with van der Waals surface area (Å²) in [6.07, 6.45) is 5.93. The molecule has 3 rings (SSSR count). The third-order valence-electron chi connectivity index (χ3n) is 5.05. The summed E-state index contributed by atoms with van der Waals surface area (Å²) in [5.74, 6) is -0.223. The maximum Gasteiger partial charge on any atom is 0.248 e. The van der Waals surface area contributed by atoms with Gasteiger partial charge in [-0.15, -0.1) is 0 Å². The number of benzene rings is 1. The summed E-state index contributed by atoms with van der Waals surface area (Å²) in [5.41, 5.74) is 6.40. The van der Waals surface area contributed by atoms with Crippen molar-refractivity contribution in [2.24, 2.45) is 5.73 Å². The zero-order valence-corrected chi connectivity index (χ0v) is 13.7. The minimum absolute atomic E-state index is 0.167. The van der Waals surface area contributed by atoms with Crippen molar-refractivity contribution in [1.29, 1.82) is 0 Å². The zero-order chi connectivity index (χ0) is 16.4. The molecule has 3 N–H and O–H groups in total. The molecule has 2 amide bonds. The second-order valence-corrected chi connectivity index (χ2v) is 6.68. The molecule has 124 valence electrons. The number of rotatable bonds is 4. The maximum absolute atomic E-state index is 13.0.